The van der Waals surface area contributed by atoms with Crippen molar-refractivity contribution in [2.24, 2.45) is 28.7 Å². The van der Waals surface area contributed by atoms with Crippen molar-refractivity contribution in [3.05, 3.63) is 0 Å². The van der Waals surface area contributed by atoms with E-state index < -0.39 is 340 Å². The number of aliphatic hydroxyl groups excluding tert-OH is 31. The van der Waals surface area contributed by atoms with Crippen LogP contribution in [0, 0.1) is 0 Å². The van der Waals surface area contributed by atoms with Crippen molar-refractivity contribution in [2.75, 3.05) is 66.1 Å². The molecule has 716 valence electrons. The Labute approximate surface area is 689 Å². The van der Waals surface area contributed by atoms with Crippen molar-refractivity contribution in [2.45, 2.75) is 318 Å². The molecule has 0 aromatic heterocycles. The minimum Gasteiger partial charge on any atom is -0.394 e. The van der Waals surface area contributed by atoms with Crippen LogP contribution >= 0.6 is 0 Å². The Morgan fingerprint density at radius 1 is 0.248 bits per heavy atom. The molecule has 7 aliphatic heterocycles. The first-order valence-electron chi connectivity index (χ1n) is 37.5. The molecule has 55 heteroatoms. The molecule has 26 unspecified atom stereocenters. The number of hydrogen-bond acceptors (Lipinski definition) is 50. The van der Waals surface area contributed by atoms with Gasteiger partial charge in [-0.15, -0.1) is 0 Å². The summed E-state index contributed by atoms with van der Waals surface area (Å²) < 4.78 is 71.0. The number of carbonyl (C=O) groups is 5. The molecule has 121 heavy (non-hydrogen) atoms. The summed E-state index contributed by atoms with van der Waals surface area (Å²) in [6, 6.07) is 0. The Morgan fingerprint density at radius 3 is 0.537 bits per heavy atom. The molecule has 0 saturated carbocycles. The Kier molecular flexibility index (Phi) is 53.7. The van der Waals surface area contributed by atoms with Crippen LogP contribution in [0.5, 0.6) is 0 Å². The lowest BCUT2D eigenvalue weighted by atomic mass is 9.99. The largest absolute Gasteiger partial charge is 0.394 e. The number of amides is 5. The number of hydrogen-bond donors (Lipinski definition) is 36. The van der Waals surface area contributed by atoms with Crippen LogP contribution in [0.3, 0.4) is 0 Å². The average Bonchev–Trinajstić information content (AvgIpc) is 0.871. The zero-order chi connectivity index (χ0) is 93.2. The van der Waals surface area contributed by atoms with E-state index in [9.17, 15) is 131 Å². The van der Waals surface area contributed by atoms with E-state index in [-0.39, 0.29) is 32.3 Å². The van der Waals surface area contributed by atoms with Crippen LogP contribution in [-0.2, 0) is 90.3 Å². The molecule has 41 atom stereocenters. The van der Waals surface area contributed by atoms with Crippen LogP contribution in [0.4, 0.5) is 0 Å². The summed E-state index contributed by atoms with van der Waals surface area (Å²) in [5, 5.41) is 289. The van der Waals surface area contributed by atoms with Crippen molar-refractivity contribution in [3.8, 4) is 0 Å². The fraction of sp³-hybridized carbons (Fsp3) is 0.924. The molecule has 5 amide bonds. The highest BCUT2D eigenvalue weighted by atomic mass is 16.8. The van der Waals surface area contributed by atoms with Gasteiger partial charge in [-0.05, 0) is 41.0 Å². The number of aliphatic hydroxyl groups is 31. The summed E-state index contributed by atoms with van der Waals surface area (Å²) in [7, 11) is 0. The van der Waals surface area contributed by atoms with Crippen molar-refractivity contribution in [1.29, 1.82) is 0 Å². The van der Waals surface area contributed by atoms with Crippen LogP contribution < -0.4 is 28.7 Å². The van der Waals surface area contributed by atoms with Crippen LogP contribution in [0.15, 0.2) is 0 Å². The van der Waals surface area contributed by atoms with Crippen LogP contribution in [-0.4, -0.2) is 512 Å². The summed E-state index contributed by atoms with van der Waals surface area (Å²) in [4.78, 5) is 54.8. The minimum absolute atomic E-state index is 0.188. The lowest BCUT2D eigenvalue weighted by molar-refractivity contribution is -0.311. The molecule has 0 aromatic rings. The van der Waals surface area contributed by atoms with Gasteiger partial charge in [0.05, 0.1) is 103 Å². The zero-order valence-electron chi connectivity index (χ0n) is 66.4. The van der Waals surface area contributed by atoms with Gasteiger partial charge in [0.2, 0.25) is 29.5 Å². The topological polar surface area (TPSA) is 972 Å². The Hall–Kier alpha value is -4.45. The van der Waals surface area contributed by atoms with E-state index in [1.165, 1.54) is 0 Å². The molecule has 0 aromatic carbocycles. The van der Waals surface area contributed by atoms with Crippen LogP contribution in [0.25, 0.3) is 0 Å². The van der Waals surface area contributed by atoms with E-state index in [4.69, 9.17) is 146 Å². The standard InChI is InChI=1S/2C10H18N2O8.C10H19NO7.3C9H18O7.C9H18O6/c2*11-5(14)1-3(9(12)18)19-10-8(17)7(16)6(15)4(2-13)20-10;1-2-4(9(11)16)17-10-8(15)7(14)6(13)5(3-12)18-10;3*1-4(2-10)15-9-8(14)7(13)6(12)5(3-11)16-9;1-4(2)14-9-8(13)7(12)6(11)5(3-10)15-9/h2*3-4,6-8,10,13,15-17H,1-2H2,(H2,11,14)(H2,12,18);4-8,10,12-15H,2-3H2,1H3,(H2,11,16);3*4-14H,2-3H2,1H3;4-13H,3H2,1-2H3/t3?,4?,6-,7+,8?,10?;3?,4?,6-,7-,8?,10?;4?,5?,6-,7-,8?,10?;2*4?,5?,6-,7+,8?,9?;4?,5?,6-,7-,8?,9?;5?,6-,7-,8?,9-/m1001100/s1. The molecule has 0 bridgehead atoms. The Bertz CT molecular complexity index is 2690. The van der Waals surface area contributed by atoms with Gasteiger partial charge in [-0.2, -0.15) is 0 Å². The first kappa shape index (κ1) is 115. The number of carbonyl (C=O) groups excluding carboxylic acids is 5. The molecule has 0 spiro atoms. The summed E-state index contributed by atoms with van der Waals surface area (Å²) in [5.74, 6) is -4.48. The van der Waals surface area contributed by atoms with Crippen LogP contribution in [0.1, 0.15) is 60.8 Å². The first-order valence-corrected chi connectivity index (χ1v) is 37.5. The third-order valence-electron chi connectivity index (χ3n) is 18.2. The van der Waals surface area contributed by atoms with Gasteiger partial charge >= 0.3 is 0 Å². The SMILES string of the molecule is CC(C)O[C@H]1OC(CO)[C@H](O)[C@H](O)C1O.CC(CO)OC1OC(CO)[C@@H](O)[C@H](O)C1O.CC(CO)OC1OC(CO)[C@@H](O)[C@H](O)C1O.CC(CO)OC1OC(CO)[C@H](O)[C@H](O)C1O.CCC(OC1OC(CO)[C@H](O)[C@H](O)C1O)C(N)=O.NC(=O)CC(OC1OC(CO)[C@@H](O)[C@H](O)C1O)C(N)=O.NC(=O)CC(OC1OC(CO)[C@H](O)[C@H](O)C1O)C(N)=O. The third-order valence-corrected chi connectivity index (χ3v) is 18.2. The van der Waals surface area contributed by atoms with E-state index in [0.717, 1.165) is 0 Å². The monoisotopic (exact) mass is 1790 g/mol. The lowest BCUT2D eigenvalue weighted by Gasteiger charge is -2.40. The van der Waals surface area contributed by atoms with Crippen molar-refractivity contribution >= 4 is 29.5 Å². The molecule has 7 rings (SSSR count). The highest BCUT2D eigenvalue weighted by Gasteiger charge is 2.52. The quantitative estimate of drug-likeness (QED) is 0.0297. The fourth-order valence-corrected chi connectivity index (χ4v) is 11.0. The number of rotatable bonds is 32. The molecular weight excluding hydrogens is 1660 g/mol. The minimum atomic E-state index is -1.69. The fourth-order valence-electron chi connectivity index (χ4n) is 11.0. The second-order valence-corrected chi connectivity index (χ2v) is 28.3. The van der Waals surface area contributed by atoms with Crippen molar-refractivity contribution < 1.29 is 249 Å². The second kappa shape index (κ2) is 56.7. The van der Waals surface area contributed by atoms with Gasteiger partial charge < -0.3 is 253 Å². The average molecular weight is 1790 g/mol. The molecule has 7 aliphatic rings. The number of nitrogens with two attached hydrogens (primary N) is 5. The molecule has 55 nitrogen and oxygen atoms in total. The van der Waals surface area contributed by atoms with Gasteiger partial charge in [0, 0.05) is 0 Å². The van der Waals surface area contributed by atoms with E-state index in [1.54, 1.807) is 41.5 Å². The predicted molar refractivity (Wildman–Crippen MR) is 386 cm³/mol. The van der Waals surface area contributed by atoms with Gasteiger partial charge in [0.25, 0.3) is 0 Å². The summed E-state index contributed by atoms with van der Waals surface area (Å²) in [6.45, 7) is 5.21. The molecule has 7 fully saturated rings. The maximum absolute atomic E-state index is 11.1. The highest BCUT2D eigenvalue weighted by molar-refractivity contribution is 5.86. The van der Waals surface area contributed by atoms with E-state index in [2.05, 4.69) is 0 Å². The van der Waals surface area contributed by atoms with Crippen LogP contribution in [0.2, 0.25) is 0 Å². The van der Waals surface area contributed by atoms with E-state index >= 15 is 0 Å². The smallest absolute Gasteiger partial charge is 0.247 e. The van der Waals surface area contributed by atoms with Gasteiger partial charge in [-0.1, -0.05) is 6.92 Å². The second-order valence-electron chi connectivity index (χ2n) is 28.3. The van der Waals surface area contributed by atoms with Gasteiger partial charge in [-0.3, -0.25) is 24.0 Å². The maximum atomic E-state index is 11.1. The van der Waals surface area contributed by atoms with Gasteiger partial charge in [0.15, 0.2) is 44.0 Å². The predicted octanol–water partition coefficient (Wildman–Crippen LogP) is -22.1. The zero-order valence-corrected chi connectivity index (χ0v) is 66.4. The number of ether oxygens (including phenoxy) is 14. The van der Waals surface area contributed by atoms with E-state index in [1.807, 2.05) is 0 Å². The lowest BCUT2D eigenvalue weighted by Crippen LogP contribution is -2.60. The molecule has 7 heterocycles. The number of primary amides is 5. The van der Waals surface area contributed by atoms with E-state index in [0.29, 0.717) is 0 Å². The maximum Gasteiger partial charge on any atom is 0.247 e. The third kappa shape index (κ3) is 35.3. The van der Waals surface area contributed by atoms with Gasteiger partial charge in [-0.25, -0.2) is 0 Å². The first-order chi connectivity index (χ1) is 56.5. The molecular formula is C66H127N5O50. The molecule has 41 N–H and O–H groups in total. The summed E-state index contributed by atoms with van der Waals surface area (Å²) in [6.07, 6.45) is -54.2. The molecule has 0 radical (unpaired) electrons. The normalized spacial score (nSPS) is 39.3. The molecule has 7 saturated heterocycles. The summed E-state index contributed by atoms with van der Waals surface area (Å²) >= 11 is 0. The molecule has 0 aliphatic carbocycles. The highest BCUT2D eigenvalue weighted by Crippen LogP contribution is 2.30. The van der Waals surface area contributed by atoms with Crippen molar-refractivity contribution in [1.82, 2.24) is 0 Å². The Balaban J connectivity index is 0.000000708. The van der Waals surface area contributed by atoms with Crippen molar-refractivity contribution in [3.63, 3.8) is 0 Å². The summed E-state index contributed by atoms with van der Waals surface area (Å²) in [5.41, 5.74) is 24.9. The van der Waals surface area contributed by atoms with Gasteiger partial charge in [0.1, 0.15) is 189 Å². The Morgan fingerprint density at radius 2 is 0.405 bits per heavy atom.